The molecule has 9 heteroatoms. The van der Waals surface area contributed by atoms with Crippen molar-refractivity contribution in [2.24, 2.45) is 5.11 Å². The lowest BCUT2D eigenvalue weighted by molar-refractivity contribution is -0.268. The third-order valence-corrected chi connectivity index (χ3v) is 3.80. The zero-order valence-corrected chi connectivity index (χ0v) is 14.0. The van der Waals surface area contributed by atoms with Gasteiger partial charge in [-0.15, -0.1) is 0 Å². The lowest BCUT2D eigenvalue weighted by Gasteiger charge is -2.42. The van der Waals surface area contributed by atoms with Crippen LogP contribution in [-0.4, -0.2) is 55.4 Å². The summed E-state index contributed by atoms with van der Waals surface area (Å²) in [6.45, 7) is 1.30. The van der Waals surface area contributed by atoms with Gasteiger partial charge in [-0.2, -0.15) is 0 Å². The van der Waals surface area contributed by atoms with E-state index >= 15 is 0 Å². The van der Waals surface area contributed by atoms with Crippen LogP contribution < -0.4 is 0 Å². The number of carbonyl (C=O) groups is 1. The molecule has 0 aliphatic carbocycles. The van der Waals surface area contributed by atoms with E-state index in [1.807, 2.05) is 30.3 Å². The van der Waals surface area contributed by atoms with Crippen molar-refractivity contribution in [2.45, 2.75) is 44.2 Å². The Morgan fingerprint density at radius 2 is 2.12 bits per heavy atom. The second-order valence-corrected chi connectivity index (χ2v) is 5.53. The standard InChI is InChI=1S/C16H21N3O6/c1-10(20)23-9-12-14(21)15(13(18-19-17)16(22-2)25-12)24-8-11-6-4-3-5-7-11/h3-7,12-16,21H,8-9H2,1-2H3/t12-,13-,14-,15-,16-/m1/s1. The fourth-order valence-corrected chi connectivity index (χ4v) is 2.58. The Morgan fingerprint density at radius 1 is 1.40 bits per heavy atom. The highest BCUT2D eigenvalue weighted by Gasteiger charge is 2.46. The van der Waals surface area contributed by atoms with Crippen LogP contribution in [0.3, 0.4) is 0 Å². The fraction of sp³-hybridized carbons (Fsp3) is 0.562. The number of aliphatic hydroxyl groups excluding tert-OH is 1. The number of carbonyl (C=O) groups excluding carboxylic acids is 1. The number of benzene rings is 1. The maximum absolute atomic E-state index is 11.0. The monoisotopic (exact) mass is 351 g/mol. The van der Waals surface area contributed by atoms with E-state index in [-0.39, 0.29) is 13.2 Å². The molecule has 0 aromatic heterocycles. The Kier molecular flexibility index (Phi) is 7.17. The minimum Gasteiger partial charge on any atom is -0.463 e. The molecule has 0 saturated carbocycles. The van der Waals surface area contributed by atoms with Crippen LogP contribution in [0.1, 0.15) is 12.5 Å². The number of nitrogens with zero attached hydrogens (tertiary/aromatic N) is 3. The van der Waals surface area contributed by atoms with Crippen LogP contribution >= 0.6 is 0 Å². The van der Waals surface area contributed by atoms with Crippen LogP contribution in [0.4, 0.5) is 0 Å². The highest BCUT2D eigenvalue weighted by Crippen LogP contribution is 2.27. The molecular weight excluding hydrogens is 330 g/mol. The van der Waals surface area contributed by atoms with Gasteiger partial charge in [-0.25, -0.2) is 0 Å². The summed E-state index contributed by atoms with van der Waals surface area (Å²) in [6, 6.07) is 8.47. The summed E-state index contributed by atoms with van der Waals surface area (Å²) < 4.78 is 21.5. The number of azide groups is 1. The lowest BCUT2D eigenvalue weighted by Crippen LogP contribution is -2.59. The molecule has 0 unspecified atom stereocenters. The van der Waals surface area contributed by atoms with Gasteiger partial charge in [0.05, 0.1) is 12.7 Å². The van der Waals surface area contributed by atoms with Crippen molar-refractivity contribution >= 4 is 5.97 Å². The number of hydrogen-bond donors (Lipinski definition) is 1. The van der Waals surface area contributed by atoms with Crippen molar-refractivity contribution in [1.82, 2.24) is 0 Å². The van der Waals surface area contributed by atoms with E-state index in [1.54, 1.807) is 0 Å². The van der Waals surface area contributed by atoms with Crippen LogP contribution in [-0.2, 0) is 30.3 Å². The molecular formula is C16H21N3O6. The molecule has 25 heavy (non-hydrogen) atoms. The predicted octanol–water partition coefficient (Wildman–Crippen LogP) is 1.55. The van der Waals surface area contributed by atoms with Crippen LogP contribution in [0.2, 0.25) is 0 Å². The first kappa shape index (κ1) is 19.2. The molecule has 1 aliphatic rings. The summed E-state index contributed by atoms with van der Waals surface area (Å²) in [5.74, 6) is -0.497. The van der Waals surface area contributed by atoms with Gasteiger partial charge in [-0.05, 0) is 11.1 Å². The van der Waals surface area contributed by atoms with Gasteiger partial charge >= 0.3 is 5.97 Å². The zero-order valence-electron chi connectivity index (χ0n) is 14.0. The Bertz CT molecular complexity index is 607. The number of aliphatic hydroxyl groups is 1. The third-order valence-electron chi connectivity index (χ3n) is 3.80. The SMILES string of the molecule is CO[C@@H]1O[C@H](COC(C)=O)[C@@H](O)[C@H](OCc2ccccc2)[C@H]1N=[N+]=[N-]. The predicted molar refractivity (Wildman–Crippen MR) is 86.3 cm³/mol. The van der Waals surface area contributed by atoms with Crippen molar-refractivity contribution in [3.05, 3.63) is 46.3 Å². The van der Waals surface area contributed by atoms with Crippen molar-refractivity contribution in [2.75, 3.05) is 13.7 Å². The summed E-state index contributed by atoms with van der Waals surface area (Å²) in [4.78, 5) is 13.8. The molecule has 0 radical (unpaired) electrons. The van der Waals surface area contributed by atoms with Crippen LogP contribution in [0, 0.1) is 0 Å². The Morgan fingerprint density at radius 3 is 2.72 bits per heavy atom. The van der Waals surface area contributed by atoms with Crippen molar-refractivity contribution in [3.8, 4) is 0 Å². The Labute approximate surface area is 145 Å². The quantitative estimate of drug-likeness (QED) is 0.344. The number of rotatable bonds is 7. The minimum atomic E-state index is -1.16. The number of ether oxygens (including phenoxy) is 4. The van der Waals surface area contributed by atoms with Gasteiger partial charge in [0.1, 0.15) is 24.9 Å². The van der Waals surface area contributed by atoms with E-state index in [4.69, 9.17) is 24.5 Å². The van der Waals surface area contributed by atoms with Gasteiger partial charge in [0.15, 0.2) is 6.29 Å². The maximum Gasteiger partial charge on any atom is 0.302 e. The minimum absolute atomic E-state index is 0.162. The van der Waals surface area contributed by atoms with Crippen LogP contribution in [0.5, 0.6) is 0 Å². The van der Waals surface area contributed by atoms with Crippen molar-refractivity contribution in [3.63, 3.8) is 0 Å². The topological polar surface area (TPSA) is 123 Å². The van der Waals surface area contributed by atoms with E-state index < -0.39 is 36.6 Å². The molecule has 0 bridgehead atoms. The molecule has 0 spiro atoms. The molecule has 1 fully saturated rings. The van der Waals surface area contributed by atoms with Gasteiger partial charge in [-0.1, -0.05) is 35.4 Å². The molecule has 136 valence electrons. The molecule has 0 amide bonds. The molecule has 1 aromatic carbocycles. The van der Waals surface area contributed by atoms with Crippen LogP contribution in [0.25, 0.3) is 10.4 Å². The zero-order chi connectivity index (χ0) is 18.2. The van der Waals surface area contributed by atoms with Gasteiger partial charge in [0.25, 0.3) is 0 Å². The summed E-state index contributed by atoms with van der Waals surface area (Å²) in [5, 5.41) is 14.2. The summed E-state index contributed by atoms with van der Waals surface area (Å²) in [7, 11) is 1.39. The molecule has 1 saturated heterocycles. The molecule has 2 rings (SSSR count). The molecule has 1 aromatic rings. The van der Waals surface area contributed by atoms with E-state index in [9.17, 15) is 9.90 Å². The first-order valence-corrected chi connectivity index (χ1v) is 7.76. The largest absolute Gasteiger partial charge is 0.463 e. The van der Waals surface area contributed by atoms with E-state index in [0.717, 1.165) is 5.56 Å². The summed E-state index contributed by atoms with van der Waals surface area (Å²) in [5.41, 5.74) is 9.70. The summed E-state index contributed by atoms with van der Waals surface area (Å²) >= 11 is 0. The third kappa shape index (κ3) is 5.15. The molecule has 1 heterocycles. The van der Waals surface area contributed by atoms with Gasteiger partial charge < -0.3 is 24.1 Å². The Balaban J connectivity index is 2.15. The highest BCUT2D eigenvalue weighted by atomic mass is 16.7. The van der Waals surface area contributed by atoms with Crippen LogP contribution in [0.15, 0.2) is 35.4 Å². The molecule has 5 atom stereocenters. The molecule has 1 N–H and O–H groups in total. The average molecular weight is 351 g/mol. The Hall–Kier alpha value is -2.16. The number of methoxy groups -OCH3 is 1. The molecule has 9 nitrogen and oxygen atoms in total. The lowest BCUT2D eigenvalue weighted by atomic mass is 9.97. The molecule has 1 aliphatic heterocycles. The summed E-state index contributed by atoms with van der Waals surface area (Å²) in [6.07, 6.45) is -3.83. The smallest absolute Gasteiger partial charge is 0.302 e. The second-order valence-electron chi connectivity index (χ2n) is 5.53. The van der Waals surface area contributed by atoms with Gasteiger partial charge in [-0.3, -0.25) is 4.79 Å². The van der Waals surface area contributed by atoms with Crippen molar-refractivity contribution < 1.29 is 28.8 Å². The first-order valence-electron chi connectivity index (χ1n) is 7.76. The number of hydrogen-bond acceptors (Lipinski definition) is 7. The maximum atomic E-state index is 11.0. The first-order chi connectivity index (χ1) is 12.1. The second kappa shape index (κ2) is 9.36. The fourth-order valence-electron chi connectivity index (χ4n) is 2.58. The number of esters is 1. The van der Waals surface area contributed by atoms with Crippen molar-refractivity contribution in [1.29, 1.82) is 0 Å². The average Bonchev–Trinajstić information content (AvgIpc) is 2.61. The van der Waals surface area contributed by atoms with E-state index in [1.165, 1.54) is 14.0 Å². The van der Waals surface area contributed by atoms with Gasteiger partial charge in [0, 0.05) is 18.9 Å². The van der Waals surface area contributed by atoms with Gasteiger partial charge in [0.2, 0.25) is 0 Å². The van der Waals surface area contributed by atoms with E-state index in [2.05, 4.69) is 10.0 Å². The highest BCUT2D eigenvalue weighted by molar-refractivity contribution is 5.65. The normalized spacial score (nSPS) is 28.8. The van der Waals surface area contributed by atoms with E-state index in [0.29, 0.717) is 0 Å².